The number of amides is 1. The molecule has 1 amide bonds. The molecule has 0 aliphatic carbocycles. The molecular formula is C16H16BrNO3S. The zero-order chi connectivity index (χ0) is 16.3. The van der Waals surface area contributed by atoms with Gasteiger partial charge in [0.05, 0.1) is 16.5 Å². The molecule has 116 valence electrons. The topological polar surface area (TPSA) is 63.2 Å². The van der Waals surface area contributed by atoms with Crippen molar-refractivity contribution in [1.29, 1.82) is 0 Å². The third kappa shape index (κ3) is 3.96. The SMILES string of the molecule is CC(NC(=O)c1ccccc1Br)c1ccc(S(C)(=O)=O)cc1. The fraction of sp³-hybridized carbons (Fsp3) is 0.188. The van der Waals surface area contributed by atoms with Crippen LogP contribution in [0.25, 0.3) is 0 Å². The maximum atomic E-state index is 12.2. The van der Waals surface area contributed by atoms with Crippen LogP contribution in [0.4, 0.5) is 0 Å². The molecular weight excluding hydrogens is 366 g/mol. The molecule has 2 rings (SSSR count). The van der Waals surface area contributed by atoms with E-state index in [9.17, 15) is 13.2 Å². The minimum Gasteiger partial charge on any atom is -0.345 e. The van der Waals surface area contributed by atoms with Crippen LogP contribution in [-0.2, 0) is 9.84 Å². The molecule has 0 aliphatic rings. The number of rotatable bonds is 4. The quantitative estimate of drug-likeness (QED) is 0.882. The van der Waals surface area contributed by atoms with Gasteiger partial charge in [-0.2, -0.15) is 0 Å². The molecule has 0 saturated heterocycles. The summed E-state index contributed by atoms with van der Waals surface area (Å²) in [6.45, 7) is 1.85. The Morgan fingerprint density at radius 3 is 2.23 bits per heavy atom. The molecule has 1 atom stereocenters. The minimum atomic E-state index is -3.21. The van der Waals surface area contributed by atoms with E-state index in [4.69, 9.17) is 0 Å². The first kappa shape index (κ1) is 16.7. The highest BCUT2D eigenvalue weighted by Crippen LogP contribution is 2.19. The van der Waals surface area contributed by atoms with Gasteiger partial charge in [0, 0.05) is 10.7 Å². The largest absolute Gasteiger partial charge is 0.345 e. The Kier molecular flexibility index (Phi) is 5.03. The number of benzene rings is 2. The number of hydrogen-bond acceptors (Lipinski definition) is 3. The van der Waals surface area contributed by atoms with Crippen LogP contribution in [-0.4, -0.2) is 20.6 Å². The fourth-order valence-electron chi connectivity index (χ4n) is 2.01. The molecule has 22 heavy (non-hydrogen) atoms. The Bertz CT molecular complexity index is 785. The van der Waals surface area contributed by atoms with Gasteiger partial charge in [0.1, 0.15) is 0 Å². The Morgan fingerprint density at radius 2 is 1.68 bits per heavy atom. The predicted molar refractivity (Wildman–Crippen MR) is 89.6 cm³/mol. The second-order valence-corrected chi connectivity index (χ2v) is 7.89. The lowest BCUT2D eigenvalue weighted by molar-refractivity contribution is 0.0939. The van der Waals surface area contributed by atoms with Crippen LogP contribution in [0.3, 0.4) is 0 Å². The lowest BCUT2D eigenvalue weighted by atomic mass is 10.1. The lowest BCUT2D eigenvalue weighted by Crippen LogP contribution is -2.26. The van der Waals surface area contributed by atoms with Crippen LogP contribution in [0.15, 0.2) is 57.9 Å². The third-order valence-electron chi connectivity index (χ3n) is 3.27. The second kappa shape index (κ2) is 6.62. The maximum absolute atomic E-state index is 12.2. The number of sulfone groups is 1. The minimum absolute atomic E-state index is 0.188. The molecule has 0 spiro atoms. The summed E-state index contributed by atoms with van der Waals surface area (Å²) in [5.41, 5.74) is 1.40. The van der Waals surface area contributed by atoms with Crippen molar-refractivity contribution in [1.82, 2.24) is 5.32 Å². The van der Waals surface area contributed by atoms with Crippen LogP contribution in [0, 0.1) is 0 Å². The highest BCUT2D eigenvalue weighted by Gasteiger charge is 2.14. The van der Waals surface area contributed by atoms with Gasteiger partial charge < -0.3 is 5.32 Å². The molecule has 4 nitrogen and oxygen atoms in total. The van der Waals surface area contributed by atoms with Crippen molar-refractivity contribution < 1.29 is 13.2 Å². The zero-order valence-electron chi connectivity index (χ0n) is 12.2. The molecule has 0 aliphatic heterocycles. The van der Waals surface area contributed by atoms with Crippen molar-refractivity contribution >= 4 is 31.7 Å². The molecule has 0 heterocycles. The zero-order valence-corrected chi connectivity index (χ0v) is 14.6. The van der Waals surface area contributed by atoms with Gasteiger partial charge in [0.15, 0.2) is 9.84 Å². The normalized spacial score (nSPS) is 12.7. The molecule has 1 unspecified atom stereocenters. The number of carbonyl (C=O) groups is 1. The van der Waals surface area contributed by atoms with E-state index in [2.05, 4.69) is 21.2 Å². The lowest BCUT2D eigenvalue weighted by Gasteiger charge is -2.15. The van der Waals surface area contributed by atoms with Gasteiger partial charge in [-0.25, -0.2) is 8.42 Å². The molecule has 0 radical (unpaired) electrons. The molecule has 6 heteroatoms. The summed E-state index contributed by atoms with van der Waals surface area (Å²) in [7, 11) is -3.21. The Labute approximate surface area is 138 Å². The molecule has 2 aromatic rings. The van der Waals surface area contributed by atoms with Crippen LogP contribution in [0.1, 0.15) is 28.9 Å². The average Bonchev–Trinajstić information content (AvgIpc) is 2.46. The fourth-order valence-corrected chi connectivity index (χ4v) is 3.10. The average molecular weight is 382 g/mol. The van der Waals surface area contributed by atoms with Crippen LogP contribution in [0.2, 0.25) is 0 Å². The van der Waals surface area contributed by atoms with Gasteiger partial charge >= 0.3 is 0 Å². The Hall–Kier alpha value is -1.66. The third-order valence-corrected chi connectivity index (χ3v) is 5.09. The molecule has 2 aromatic carbocycles. The Morgan fingerprint density at radius 1 is 1.09 bits per heavy atom. The van der Waals surface area contributed by atoms with Crippen LogP contribution in [0.5, 0.6) is 0 Å². The highest BCUT2D eigenvalue weighted by atomic mass is 79.9. The van der Waals surface area contributed by atoms with Gasteiger partial charge in [-0.15, -0.1) is 0 Å². The maximum Gasteiger partial charge on any atom is 0.252 e. The Balaban J connectivity index is 2.14. The van der Waals surface area contributed by atoms with Crippen LogP contribution >= 0.6 is 15.9 Å². The van der Waals surface area contributed by atoms with Gasteiger partial charge in [-0.05, 0) is 52.7 Å². The molecule has 0 saturated carbocycles. The van der Waals surface area contributed by atoms with Crippen molar-refractivity contribution in [3.63, 3.8) is 0 Å². The van der Waals surface area contributed by atoms with E-state index < -0.39 is 9.84 Å². The number of nitrogens with one attached hydrogen (secondary N) is 1. The summed E-state index contributed by atoms with van der Waals surface area (Å²) in [6, 6.07) is 13.5. The summed E-state index contributed by atoms with van der Waals surface area (Å²) in [5, 5.41) is 2.89. The van der Waals surface area contributed by atoms with Gasteiger partial charge in [-0.3, -0.25) is 4.79 Å². The van der Waals surface area contributed by atoms with E-state index in [0.29, 0.717) is 5.56 Å². The molecule has 0 bridgehead atoms. The summed E-state index contributed by atoms with van der Waals surface area (Å²) < 4.78 is 23.6. The summed E-state index contributed by atoms with van der Waals surface area (Å²) in [4.78, 5) is 12.5. The summed E-state index contributed by atoms with van der Waals surface area (Å²) in [5.74, 6) is -0.188. The molecule has 0 fully saturated rings. The van der Waals surface area contributed by atoms with Crippen molar-refractivity contribution in [2.45, 2.75) is 17.9 Å². The van der Waals surface area contributed by atoms with Crippen molar-refractivity contribution in [3.8, 4) is 0 Å². The highest BCUT2D eigenvalue weighted by molar-refractivity contribution is 9.10. The monoisotopic (exact) mass is 381 g/mol. The number of halogens is 1. The van der Waals surface area contributed by atoms with E-state index in [-0.39, 0.29) is 16.8 Å². The number of hydrogen-bond donors (Lipinski definition) is 1. The van der Waals surface area contributed by atoms with E-state index in [0.717, 1.165) is 10.0 Å². The van der Waals surface area contributed by atoms with E-state index in [1.54, 1.807) is 42.5 Å². The van der Waals surface area contributed by atoms with Gasteiger partial charge in [-0.1, -0.05) is 24.3 Å². The van der Waals surface area contributed by atoms with E-state index >= 15 is 0 Å². The van der Waals surface area contributed by atoms with Crippen molar-refractivity contribution in [3.05, 3.63) is 64.1 Å². The van der Waals surface area contributed by atoms with Crippen molar-refractivity contribution in [2.75, 3.05) is 6.26 Å². The standard InChI is InChI=1S/C16H16BrNO3S/c1-11(12-7-9-13(10-8-12)22(2,20)21)18-16(19)14-5-3-4-6-15(14)17/h3-11H,1-2H3,(H,18,19). The van der Waals surface area contributed by atoms with Crippen LogP contribution < -0.4 is 5.32 Å². The number of carbonyl (C=O) groups excluding carboxylic acids is 1. The first-order valence-corrected chi connectivity index (χ1v) is 9.33. The smallest absolute Gasteiger partial charge is 0.252 e. The van der Waals surface area contributed by atoms with E-state index in [1.807, 2.05) is 13.0 Å². The summed E-state index contributed by atoms with van der Waals surface area (Å²) in [6.07, 6.45) is 1.17. The van der Waals surface area contributed by atoms with Gasteiger partial charge in [0.2, 0.25) is 0 Å². The first-order valence-electron chi connectivity index (χ1n) is 6.64. The molecule has 1 N–H and O–H groups in total. The second-order valence-electron chi connectivity index (χ2n) is 5.02. The summed E-state index contributed by atoms with van der Waals surface area (Å²) >= 11 is 3.35. The predicted octanol–water partition coefficient (Wildman–Crippen LogP) is 3.34. The van der Waals surface area contributed by atoms with Crippen molar-refractivity contribution in [2.24, 2.45) is 0 Å². The first-order chi connectivity index (χ1) is 10.3. The molecule has 0 aromatic heterocycles. The van der Waals surface area contributed by atoms with E-state index in [1.165, 1.54) is 6.26 Å². The van der Waals surface area contributed by atoms with Gasteiger partial charge in [0.25, 0.3) is 5.91 Å².